The van der Waals surface area contributed by atoms with Crippen molar-refractivity contribution >= 4 is 23.1 Å². The van der Waals surface area contributed by atoms with Crippen molar-refractivity contribution in [3.05, 3.63) is 40.2 Å². The number of hydrogen-bond donors (Lipinski definition) is 2. The fourth-order valence-electron chi connectivity index (χ4n) is 1.26. The van der Waals surface area contributed by atoms with E-state index in [0.717, 1.165) is 0 Å². The Hall–Kier alpha value is -2.23. The van der Waals surface area contributed by atoms with Gasteiger partial charge in [0.1, 0.15) is 11.5 Å². The lowest BCUT2D eigenvalue weighted by Crippen LogP contribution is -2.12. The summed E-state index contributed by atoms with van der Waals surface area (Å²) in [6.45, 7) is -0.235. The van der Waals surface area contributed by atoms with Gasteiger partial charge in [-0.2, -0.15) is 5.10 Å². The van der Waals surface area contributed by atoms with Crippen LogP contribution >= 0.6 is 11.3 Å². The lowest BCUT2D eigenvalue weighted by Gasteiger charge is -2.01. The quantitative estimate of drug-likeness (QED) is 0.793. The van der Waals surface area contributed by atoms with Crippen molar-refractivity contribution in [1.29, 1.82) is 0 Å². The average Bonchev–Trinajstić information content (AvgIpc) is 2.86. The Kier molecular flexibility index (Phi) is 4.02. The van der Waals surface area contributed by atoms with E-state index in [9.17, 15) is 4.79 Å². The van der Waals surface area contributed by atoms with Gasteiger partial charge in [-0.25, -0.2) is 0 Å². The molecule has 18 heavy (non-hydrogen) atoms. The van der Waals surface area contributed by atoms with E-state index in [0.29, 0.717) is 16.3 Å². The number of aliphatic hydroxyl groups is 1. The van der Waals surface area contributed by atoms with Crippen LogP contribution in [-0.4, -0.2) is 27.8 Å². The number of rotatable bonds is 2. The largest absolute Gasteiger partial charge is 0.384 e. The van der Waals surface area contributed by atoms with Gasteiger partial charge in [0.2, 0.25) is 0 Å². The zero-order chi connectivity index (χ0) is 12.8. The molecule has 0 radical (unpaired) electrons. The van der Waals surface area contributed by atoms with E-state index < -0.39 is 0 Å². The summed E-state index contributed by atoms with van der Waals surface area (Å²) in [6.07, 6.45) is 1.53. The summed E-state index contributed by atoms with van der Waals surface area (Å²) in [5, 5.41) is 20.5. The lowest BCUT2D eigenvalue weighted by atomic mass is 10.2. The van der Waals surface area contributed by atoms with Crippen LogP contribution in [0.1, 0.15) is 15.2 Å². The van der Waals surface area contributed by atoms with E-state index in [1.54, 1.807) is 23.6 Å². The molecule has 0 saturated carbocycles. The van der Waals surface area contributed by atoms with Crippen molar-refractivity contribution < 1.29 is 9.90 Å². The van der Waals surface area contributed by atoms with E-state index in [4.69, 9.17) is 5.11 Å². The highest BCUT2D eigenvalue weighted by molar-refractivity contribution is 7.12. The molecule has 5 nitrogen and oxygen atoms in total. The highest BCUT2D eigenvalue weighted by atomic mass is 32.1. The Balaban J connectivity index is 2.17. The molecule has 2 N–H and O–H groups in total. The van der Waals surface area contributed by atoms with Crippen LogP contribution in [0.2, 0.25) is 0 Å². The average molecular weight is 259 g/mol. The molecule has 0 aliphatic heterocycles. The summed E-state index contributed by atoms with van der Waals surface area (Å²) in [6, 6.07) is 5.07. The van der Waals surface area contributed by atoms with Gasteiger partial charge in [-0.15, -0.1) is 16.4 Å². The lowest BCUT2D eigenvalue weighted by molar-refractivity contribution is 0.103. The van der Waals surface area contributed by atoms with Gasteiger partial charge in [-0.3, -0.25) is 4.79 Å². The fraction of sp³-hybridized carbons (Fsp3) is 0.0833. The Labute approximate surface area is 108 Å². The molecule has 2 heterocycles. The highest BCUT2D eigenvalue weighted by Crippen LogP contribution is 2.17. The zero-order valence-electron chi connectivity index (χ0n) is 9.25. The molecule has 1 amide bonds. The molecule has 0 fully saturated rings. The van der Waals surface area contributed by atoms with Crippen LogP contribution in [0.5, 0.6) is 0 Å². The molecule has 2 rings (SSSR count). The standard InChI is InChI=1S/C12H9N3O2S/c16-7-2-3-9-5-8-18-11(9)12(17)14-10-4-1-6-13-15-10/h1,4-6,8,16H,7H2,(H,14,15,17). The number of carbonyl (C=O) groups excluding carboxylic acids is 1. The van der Waals surface area contributed by atoms with E-state index in [1.807, 2.05) is 0 Å². The smallest absolute Gasteiger partial charge is 0.268 e. The summed E-state index contributed by atoms with van der Waals surface area (Å²) in [7, 11) is 0. The first kappa shape index (κ1) is 12.2. The van der Waals surface area contributed by atoms with Crippen LogP contribution in [0.25, 0.3) is 0 Å². The second-order valence-electron chi connectivity index (χ2n) is 3.19. The van der Waals surface area contributed by atoms with Crippen LogP contribution in [0.4, 0.5) is 5.82 Å². The van der Waals surface area contributed by atoms with E-state index in [-0.39, 0.29) is 12.5 Å². The molecule has 0 spiro atoms. The van der Waals surface area contributed by atoms with Gasteiger partial charge >= 0.3 is 0 Å². The van der Waals surface area contributed by atoms with Gasteiger partial charge in [0, 0.05) is 11.8 Å². The van der Waals surface area contributed by atoms with Crippen molar-refractivity contribution in [3.8, 4) is 11.8 Å². The Morgan fingerprint density at radius 1 is 1.50 bits per heavy atom. The zero-order valence-corrected chi connectivity index (χ0v) is 10.1. The number of aromatic nitrogens is 2. The predicted molar refractivity (Wildman–Crippen MR) is 68.3 cm³/mol. The topological polar surface area (TPSA) is 75.1 Å². The number of thiophene rings is 1. The summed E-state index contributed by atoms with van der Waals surface area (Å²) >= 11 is 1.28. The molecule has 2 aromatic rings. The van der Waals surface area contributed by atoms with Crippen molar-refractivity contribution in [1.82, 2.24) is 10.2 Å². The van der Waals surface area contributed by atoms with Crippen LogP contribution in [0.15, 0.2) is 29.8 Å². The van der Waals surface area contributed by atoms with Crippen LogP contribution in [0, 0.1) is 11.8 Å². The van der Waals surface area contributed by atoms with E-state index in [1.165, 1.54) is 17.5 Å². The Morgan fingerprint density at radius 3 is 3.11 bits per heavy atom. The molecule has 0 aliphatic rings. The summed E-state index contributed by atoms with van der Waals surface area (Å²) in [5.74, 6) is 5.34. The number of hydrogen-bond acceptors (Lipinski definition) is 5. The maximum atomic E-state index is 12.0. The van der Waals surface area contributed by atoms with Gasteiger partial charge in [-0.05, 0) is 23.6 Å². The molecule has 0 aliphatic carbocycles. The molecule has 0 atom stereocenters. The highest BCUT2D eigenvalue weighted by Gasteiger charge is 2.12. The second-order valence-corrected chi connectivity index (χ2v) is 4.10. The van der Waals surface area contributed by atoms with E-state index in [2.05, 4.69) is 27.4 Å². The minimum absolute atomic E-state index is 0.235. The van der Waals surface area contributed by atoms with Crippen molar-refractivity contribution in [2.75, 3.05) is 11.9 Å². The van der Waals surface area contributed by atoms with Crippen molar-refractivity contribution in [3.63, 3.8) is 0 Å². The SMILES string of the molecule is O=C(Nc1cccnn1)c1sccc1C#CCO. The minimum atomic E-state index is -0.285. The van der Waals surface area contributed by atoms with Crippen molar-refractivity contribution in [2.45, 2.75) is 0 Å². The van der Waals surface area contributed by atoms with Crippen molar-refractivity contribution in [2.24, 2.45) is 0 Å². The van der Waals surface area contributed by atoms with Crippen LogP contribution in [-0.2, 0) is 0 Å². The van der Waals surface area contributed by atoms with Crippen LogP contribution < -0.4 is 5.32 Å². The Morgan fingerprint density at radius 2 is 2.39 bits per heavy atom. The number of amides is 1. The monoisotopic (exact) mass is 259 g/mol. The molecular formula is C12H9N3O2S. The van der Waals surface area contributed by atoms with Gasteiger partial charge in [0.05, 0.1) is 0 Å². The molecule has 0 aromatic carbocycles. The molecule has 0 unspecified atom stereocenters. The third-order valence-electron chi connectivity index (χ3n) is 1.99. The number of carbonyl (C=O) groups is 1. The van der Waals surface area contributed by atoms with Gasteiger partial charge in [0.15, 0.2) is 5.82 Å². The number of anilines is 1. The third-order valence-corrected chi connectivity index (χ3v) is 2.90. The number of aliphatic hydroxyl groups excluding tert-OH is 1. The van der Waals surface area contributed by atoms with Gasteiger partial charge in [0.25, 0.3) is 5.91 Å². The molecule has 0 bridgehead atoms. The first-order chi connectivity index (χ1) is 8.81. The molecule has 90 valence electrons. The second kappa shape index (κ2) is 5.91. The number of nitrogens with zero attached hydrogens (tertiary/aromatic N) is 2. The molecule has 0 saturated heterocycles. The summed E-state index contributed by atoms with van der Waals surface area (Å²) < 4.78 is 0. The fourth-order valence-corrected chi connectivity index (χ4v) is 2.00. The first-order valence-corrected chi connectivity index (χ1v) is 5.95. The number of nitrogens with one attached hydrogen (secondary N) is 1. The molecule has 6 heteroatoms. The summed E-state index contributed by atoms with van der Waals surface area (Å²) in [4.78, 5) is 12.4. The third kappa shape index (κ3) is 2.91. The van der Waals surface area contributed by atoms with Crippen LogP contribution in [0.3, 0.4) is 0 Å². The Bertz CT molecular complexity index is 599. The predicted octanol–water partition coefficient (Wildman–Crippen LogP) is 1.13. The maximum Gasteiger partial charge on any atom is 0.268 e. The maximum absolute atomic E-state index is 12.0. The van der Waals surface area contributed by atoms with E-state index >= 15 is 0 Å². The minimum Gasteiger partial charge on any atom is -0.384 e. The molecular weight excluding hydrogens is 250 g/mol. The first-order valence-electron chi connectivity index (χ1n) is 5.07. The normalized spacial score (nSPS) is 9.39. The van der Waals surface area contributed by atoms with Gasteiger partial charge in [-0.1, -0.05) is 11.8 Å². The van der Waals surface area contributed by atoms with Gasteiger partial charge < -0.3 is 10.4 Å². The summed E-state index contributed by atoms with van der Waals surface area (Å²) in [5.41, 5.74) is 0.593. The molecule has 2 aromatic heterocycles.